The van der Waals surface area contributed by atoms with Gasteiger partial charge in [-0.05, 0) is 78.9 Å². The van der Waals surface area contributed by atoms with Crippen molar-refractivity contribution < 1.29 is 24.4 Å². The molecule has 5 nitrogen and oxygen atoms in total. The highest BCUT2D eigenvalue weighted by Gasteiger charge is 2.34. The average molecular weight is 507 g/mol. The zero-order chi connectivity index (χ0) is 25.7. The third-order valence-corrected chi connectivity index (χ3v) is 7.41. The van der Waals surface area contributed by atoms with E-state index in [4.69, 9.17) is 14.2 Å². The smallest absolute Gasteiger partial charge is 0.174 e. The summed E-state index contributed by atoms with van der Waals surface area (Å²) in [7, 11) is 0. The fraction of sp³-hybridized carbons (Fsp3) is 0.400. The van der Waals surface area contributed by atoms with E-state index in [-0.39, 0.29) is 17.8 Å². The Labute approximate surface area is 217 Å². The van der Waals surface area contributed by atoms with Crippen molar-refractivity contribution in [2.75, 3.05) is 19.8 Å². The summed E-state index contributed by atoms with van der Waals surface area (Å²) in [6.45, 7) is 10.8. The maximum Gasteiger partial charge on any atom is 0.174 e. The van der Waals surface area contributed by atoms with Crippen molar-refractivity contribution in [3.8, 4) is 33.8 Å². The molecule has 0 aliphatic carbocycles. The highest BCUT2D eigenvalue weighted by atomic mass is 32.1. The van der Waals surface area contributed by atoms with Crippen LogP contribution in [0.3, 0.4) is 0 Å². The molecule has 1 fully saturated rings. The Bertz CT molecular complexity index is 1220. The first-order valence-electron chi connectivity index (χ1n) is 12.2. The molecule has 0 saturated carbocycles. The van der Waals surface area contributed by atoms with Crippen LogP contribution < -0.4 is 9.47 Å². The van der Waals surface area contributed by atoms with Gasteiger partial charge in [0.1, 0.15) is 12.4 Å². The molecule has 1 saturated heterocycles. The molecule has 1 aliphatic rings. The highest BCUT2D eigenvalue weighted by Crippen LogP contribution is 2.35. The van der Waals surface area contributed by atoms with Gasteiger partial charge in [0, 0.05) is 16.7 Å². The Morgan fingerprint density at radius 2 is 1.81 bits per heavy atom. The molecule has 0 bridgehead atoms. The molecule has 3 aromatic rings. The van der Waals surface area contributed by atoms with E-state index in [0.717, 1.165) is 40.0 Å². The third-order valence-electron chi connectivity index (χ3n) is 6.30. The lowest BCUT2D eigenvalue weighted by Gasteiger charge is -2.37. The van der Waals surface area contributed by atoms with Crippen molar-refractivity contribution in [2.24, 2.45) is 5.41 Å². The van der Waals surface area contributed by atoms with E-state index in [9.17, 15) is 10.2 Å². The molecule has 190 valence electrons. The van der Waals surface area contributed by atoms with Crippen LogP contribution in [0.15, 0.2) is 48.5 Å². The number of rotatable bonds is 10. The van der Waals surface area contributed by atoms with Crippen molar-refractivity contribution in [3.05, 3.63) is 70.1 Å². The number of thiophene rings is 1. The topological polar surface area (TPSA) is 68.2 Å². The largest absolute Gasteiger partial charge is 0.493 e. The van der Waals surface area contributed by atoms with Gasteiger partial charge >= 0.3 is 0 Å². The van der Waals surface area contributed by atoms with Gasteiger partial charge in [0.25, 0.3) is 0 Å². The van der Waals surface area contributed by atoms with Gasteiger partial charge in [-0.25, -0.2) is 0 Å². The molecule has 1 atom stereocenters. The van der Waals surface area contributed by atoms with Gasteiger partial charge in [-0.2, -0.15) is 0 Å². The van der Waals surface area contributed by atoms with E-state index in [1.54, 1.807) is 6.92 Å². The minimum absolute atomic E-state index is 0.114. The summed E-state index contributed by atoms with van der Waals surface area (Å²) in [4.78, 5) is 0.966. The van der Waals surface area contributed by atoms with Crippen molar-refractivity contribution in [1.82, 2.24) is 0 Å². The highest BCUT2D eigenvalue weighted by molar-refractivity contribution is 7.13. The number of aliphatic hydroxyl groups excluding tert-OH is 1. The first kappa shape index (κ1) is 26.2. The van der Waals surface area contributed by atoms with Gasteiger partial charge in [0.2, 0.25) is 0 Å². The molecular formula is C30H34O5S. The molecule has 6 heteroatoms. The Balaban J connectivity index is 1.43. The standard InChI is InChI=1S/C30H34O5S/c1-5-7-23(15-27(31)32)26-10-11-28(36-26)34-16-22-8-6-9-24(14-22)29-20(2)12-25(13-21(29)3)35-19-30(4)17-33-18-30/h6,8-14,23,27,31-32H,15-19H2,1-4H3. The maximum absolute atomic E-state index is 9.36. The lowest BCUT2D eigenvalue weighted by atomic mass is 9.90. The first-order valence-corrected chi connectivity index (χ1v) is 13.0. The third kappa shape index (κ3) is 6.48. The fourth-order valence-corrected chi connectivity index (χ4v) is 5.38. The molecule has 2 aromatic carbocycles. The van der Waals surface area contributed by atoms with Gasteiger partial charge < -0.3 is 24.4 Å². The van der Waals surface area contributed by atoms with Gasteiger partial charge in [0.15, 0.2) is 11.4 Å². The number of hydrogen-bond acceptors (Lipinski definition) is 6. The zero-order valence-electron chi connectivity index (χ0n) is 21.3. The number of aliphatic hydroxyl groups is 2. The summed E-state index contributed by atoms with van der Waals surface area (Å²) in [6.07, 6.45) is -1.21. The monoisotopic (exact) mass is 506 g/mol. The van der Waals surface area contributed by atoms with Crippen molar-refractivity contribution >= 4 is 11.3 Å². The van der Waals surface area contributed by atoms with Crippen LogP contribution in [-0.4, -0.2) is 36.3 Å². The number of aryl methyl sites for hydroxylation is 2. The summed E-state index contributed by atoms with van der Waals surface area (Å²) in [5.41, 5.74) is 5.91. The van der Waals surface area contributed by atoms with Crippen molar-refractivity contribution in [1.29, 1.82) is 0 Å². The van der Waals surface area contributed by atoms with Crippen LogP contribution in [0.25, 0.3) is 11.1 Å². The minimum atomic E-state index is -1.39. The van der Waals surface area contributed by atoms with Gasteiger partial charge in [-0.3, -0.25) is 0 Å². The van der Waals surface area contributed by atoms with Crippen LogP contribution in [0.1, 0.15) is 47.8 Å². The van der Waals surface area contributed by atoms with Crippen LogP contribution in [0.2, 0.25) is 0 Å². The summed E-state index contributed by atoms with van der Waals surface area (Å²) in [6, 6.07) is 16.5. The molecule has 0 amide bonds. The second-order valence-electron chi connectivity index (χ2n) is 9.83. The molecule has 36 heavy (non-hydrogen) atoms. The molecule has 1 aliphatic heterocycles. The molecule has 2 N–H and O–H groups in total. The second-order valence-corrected chi connectivity index (χ2v) is 10.9. The van der Waals surface area contributed by atoms with Crippen LogP contribution in [0.4, 0.5) is 0 Å². The number of hydrogen-bond donors (Lipinski definition) is 2. The Hall–Kier alpha value is -2.82. The van der Waals surface area contributed by atoms with E-state index in [1.165, 1.54) is 28.0 Å². The van der Waals surface area contributed by atoms with Crippen molar-refractivity contribution in [3.63, 3.8) is 0 Å². The normalized spacial score (nSPS) is 15.1. The van der Waals surface area contributed by atoms with Crippen LogP contribution in [0.5, 0.6) is 10.8 Å². The summed E-state index contributed by atoms with van der Waals surface area (Å²) >= 11 is 1.49. The molecule has 1 unspecified atom stereocenters. The van der Waals surface area contributed by atoms with Gasteiger partial charge in [-0.15, -0.1) is 17.3 Å². The van der Waals surface area contributed by atoms with E-state index in [2.05, 4.69) is 69.0 Å². The van der Waals surface area contributed by atoms with E-state index in [1.807, 2.05) is 12.1 Å². The average Bonchev–Trinajstić information content (AvgIpc) is 3.29. The Morgan fingerprint density at radius 1 is 1.06 bits per heavy atom. The van der Waals surface area contributed by atoms with Gasteiger partial charge in [0.05, 0.1) is 25.7 Å². The molecule has 0 radical (unpaired) electrons. The van der Waals surface area contributed by atoms with Gasteiger partial charge in [-0.1, -0.05) is 31.0 Å². The summed E-state index contributed by atoms with van der Waals surface area (Å²) in [5, 5.41) is 19.5. The van der Waals surface area contributed by atoms with Crippen LogP contribution in [-0.2, 0) is 11.3 Å². The molecule has 0 spiro atoms. The lowest BCUT2D eigenvalue weighted by molar-refractivity contribution is -0.120. The van der Waals surface area contributed by atoms with E-state index >= 15 is 0 Å². The fourth-order valence-electron chi connectivity index (χ4n) is 4.46. The quantitative estimate of drug-likeness (QED) is 0.267. The van der Waals surface area contributed by atoms with E-state index in [0.29, 0.717) is 13.2 Å². The predicted octanol–water partition coefficient (Wildman–Crippen LogP) is 5.83. The Morgan fingerprint density at radius 3 is 2.44 bits per heavy atom. The first-order chi connectivity index (χ1) is 17.3. The molecule has 4 rings (SSSR count). The number of benzene rings is 2. The SMILES string of the molecule is CC#CC(CC(O)O)c1ccc(OCc2cccc(-c3c(C)cc(OCC4(C)COC4)cc3C)c2)s1. The Kier molecular flexibility index (Phi) is 8.38. The summed E-state index contributed by atoms with van der Waals surface area (Å²) < 4.78 is 17.5. The number of ether oxygens (including phenoxy) is 3. The van der Waals surface area contributed by atoms with E-state index < -0.39 is 6.29 Å². The molecule has 2 heterocycles. The zero-order valence-corrected chi connectivity index (χ0v) is 22.2. The van der Waals surface area contributed by atoms with Crippen molar-refractivity contribution in [2.45, 2.75) is 52.9 Å². The lowest BCUT2D eigenvalue weighted by Crippen LogP contribution is -2.44. The summed E-state index contributed by atoms with van der Waals surface area (Å²) in [5.74, 6) is 6.60. The molecule has 1 aromatic heterocycles. The minimum Gasteiger partial charge on any atom is -0.493 e. The molecular weight excluding hydrogens is 472 g/mol. The second kappa shape index (κ2) is 11.5. The van der Waals surface area contributed by atoms with Crippen LogP contribution >= 0.6 is 11.3 Å². The van der Waals surface area contributed by atoms with Crippen LogP contribution in [0, 0.1) is 31.1 Å². The predicted molar refractivity (Wildman–Crippen MR) is 143 cm³/mol. The maximum atomic E-state index is 9.36.